The molecule has 8 nitrogen and oxygen atoms in total. The number of nitrogens with one attached hydrogen (secondary N) is 1. The number of benzene rings is 1. The Morgan fingerprint density at radius 1 is 1.31 bits per heavy atom. The summed E-state index contributed by atoms with van der Waals surface area (Å²) < 4.78 is 0. The fourth-order valence-electron chi connectivity index (χ4n) is 3.38. The number of amidine groups is 2. The lowest BCUT2D eigenvalue weighted by Gasteiger charge is -2.27. The Morgan fingerprint density at radius 3 is 2.66 bits per heavy atom. The summed E-state index contributed by atoms with van der Waals surface area (Å²) >= 11 is 5.84. The molecule has 3 rings (SSSR count). The number of aliphatic imine (C=N–C) groups is 1. The van der Waals surface area contributed by atoms with E-state index in [9.17, 15) is 10.1 Å². The highest BCUT2D eigenvalue weighted by Crippen LogP contribution is 2.22. The van der Waals surface area contributed by atoms with Gasteiger partial charge in [-0.1, -0.05) is 35.4 Å². The summed E-state index contributed by atoms with van der Waals surface area (Å²) in [5, 5.41) is 16.3. The van der Waals surface area contributed by atoms with E-state index in [1.807, 2.05) is 43.9 Å². The van der Waals surface area contributed by atoms with Crippen molar-refractivity contribution in [3.05, 3.63) is 68.0 Å². The molecule has 0 spiro atoms. The Balaban J connectivity index is 1.88. The molecule has 0 saturated carbocycles. The van der Waals surface area contributed by atoms with Crippen molar-refractivity contribution in [1.82, 2.24) is 9.88 Å². The molecule has 0 radical (unpaired) electrons. The Bertz CT molecular complexity index is 948. The smallest absolute Gasteiger partial charge is 0.358 e. The predicted octanol–water partition coefficient (Wildman–Crippen LogP) is 3.97. The highest BCUT2D eigenvalue weighted by Gasteiger charge is 2.30. The molecule has 1 N–H and O–H groups in total. The van der Waals surface area contributed by atoms with E-state index in [0.29, 0.717) is 24.8 Å². The molecule has 1 aliphatic heterocycles. The zero-order valence-corrected chi connectivity index (χ0v) is 17.4. The van der Waals surface area contributed by atoms with E-state index in [0.717, 1.165) is 34.4 Å². The maximum absolute atomic E-state index is 11.8. The summed E-state index contributed by atoms with van der Waals surface area (Å²) in [7, 11) is 0. The highest BCUT2D eigenvalue weighted by atomic mass is 35.5. The fraction of sp³-hybridized carbons (Fsp3) is 0.350. The third-order valence-electron chi connectivity index (χ3n) is 4.63. The second-order valence-electron chi connectivity index (χ2n) is 7.05. The number of hydrazone groups is 1. The minimum Gasteiger partial charge on any atom is -0.358 e. The number of nitro groups is 1. The van der Waals surface area contributed by atoms with Crippen LogP contribution in [0.15, 0.2) is 40.6 Å². The number of anilines is 1. The molecule has 1 aromatic heterocycles. The van der Waals surface area contributed by atoms with Gasteiger partial charge in [-0.15, -0.1) is 0 Å². The van der Waals surface area contributed by atoms with E-state index in [1.54, 1.807) is 12.3 Å². The lowest BCUT2D eigenvalue weighted by molar-refractivity contribution is -0.346. The summed E-state index contributed by atoms with van der Waals surface area (Å²) in [4.78, 5) is 21.6. The molecule has 0 amide bonds. The Kier molecular flexibility index (Phi) is 6.43. The molecule has 0 bridgehead atoms. The SMILES string of the molecule is Cc1cc(C)c(NN=C(C2=NCCCN2Cc2ccc(Cl)nc2)[N+](=O)[O-])c(C)c1. The van der Waals surface area contributed by atoms with Crippen LogP contribution in [-0.4, -0.2) is 39.6 Å². The van der Waals surface area contributed by atoms with Gasteiger partial charge in [0.25, 0.3) is 0 Å². The van der Waals surface area contributed by atoms with Crippen LogP contribution in [0.1, 0.15) is 28.7 Å². The van der Waals surface area contributed by atoms with Crippen molar-refractivity contribution in [2.45, 2.75) is 33.7 Å². The number of nitrogens with zero attached hydrogens (tertiary/aromatic N) is 5. The van der Waals surface area contributed by atoms with Crippen molar-refractivity contribution in [3.8, 4) is 0 Å². The third-order valence-corrected chi connectivity index (χ3v) is 4.86. The van der Waals surface area contributed by atoms with Gasteiger partial charge in [0.1, 0.15) is 5.15 Å². The standard InChI is InChI=1S/C20H23ClN6O2/c1-13-9-14(2)18(15(3)10-13)24-25-20(27(28)29)19-22-7-4-8-26(19)12-16-5-6-17(21)23-11-16/h5-6,9-11,24H,4,7-8,12H2,1-3H3. The molecule has 0 atom stereocenters. The summed E-state index contributed by atoms with van der Waals surface area (Å²) in [5.41, 5.74) is 7.62. The monoisotopic (exact) mass is 414 g/mol. The van der Waals surface area contributed by atoms with E-state index >= 15 is 0 Å². The van der Waals surface area contributed by atoms with Crippen LogP contribution in [0.2, 0.25) is 5.15 Å². The number of aryl methyl sites for hydroxylation is 3. The van der Waals surface area contributed by atoms with Crippen molar-refractivity contribution < 1.29 is 4.92 Å². The zero-order chi connectivity index (χ0) is 21.0. The normalized spacial score (nSPS) is 14.6. The largest absolute Gasteiger partial charge is 0.430 e. The first-order valence-electron chi connectivity index (χ1n) is 9.31. The molecule has 0 saturated heterocycles. The second-order valence-corrected chi connectivity index (χ2v) is 7.43. The van der Waals surface area contributed by atoms with Crippen molar-refractivity contribution in [3.63, 3.8) is 0 Å². The Hall–Kier alpha value is -3.00. The molecule has 9 heteroatoms. The lowest BCUT2D eigenvalue weighted by Crippen LogP contribution is -2.43. The minimum absolute atomic E-state index is 0.270. The Labute approximate surface area is 174 Å². The van der Waals surface area contributed by atoms with E-state index < -0.39 is 4.92 Å². The van der Waals surface area contributed by atoms with Crippen LogP contribution in [0, 0.1) is 30.9 Å². The van der Waals surface area contributed by atoms with Crippen LogP contribution in [-0.2, 0) is 6.54 Å². The van der Waals surface area contributed by atoms with Crippen molar-refractivity contribution >= 4 is 29.0 Å². The summed E-state index contributed by atoms with van der Waals surface area (Å²) in [5.74, 6) is -0.0304. The van der Waals surface area contributed by atoms with Gasteiger partial charge in [-0.05, 0) is 54.9 Å². The first kappa shape index (κ1) is 20.7. The average Bonchev–Trinajstić information content (AvgIpc) is 2.66. The molecule has 1 aromatic carbocycles. The van der Waals surface area contributed by atoms with Crippen LogP contribution in [0.25, 0.3) is 0 Å². The van der Waals surface area contributed by atoms with Crippen LogP contribution >= 0.6 is 11.6 Å². The molecule has 29 heavy (non-hydrogen) atoms. The van der Waals surface area contributed by atoms with Gasteiger partial charge in [-0.2, -0.15) is 5.43 Å². The van der Waals surface area contributed by atoms with Gasteiger partial charge in [0.15, 0.2) is 0 Å². The van der Waals surface area contributed by atoms with Crippen molar-refractivity contribution in [2.75, 3.05) is 18.5 Å². The third kappa shape index (κ3) is 5.08. The number of aromatic nitrogens is 1. The van der Waals surface area contributed by atoms with E-state index in [2.05, 4.69) is 20.5 Å². The predicted molar refractivity (Wildman–Crippen MR) is 115 cm³/mol. The minimum atomic E-state index is -0.497. The summed E-state index contributed by atoms with van der Waals surface area (Å²) in [6.45, 7) is 7.52. The molecule has 2 heterocycles. The second kappa shape index (κ2) is 9.00. The first-order valence-corrected chi connectivity index (χ1v) is 9.69. The Morgan fingerprint density at radius 2 is 2.03 bits per heavy atom. The molecular weight excluding hydrogens is 392 g/mol. The molecule has 2 aromatic rings. The average molecular weight is 415 g/mol. The molecule has 0 fully saturated rings. The van der Waals surface area contributed by atoms with Gasteiger partial charge in [-0.25, -0.2) is 4.98 Å². The molecule has 152 valence electrons. The first-order chi connectivity index (χ1) is 13.8. The maximum Gasteiger partial charge on any atom is 0.430 e. The van der Waals surface area contributed by atoms with Crippen LogP contribution < -0.4 is 5.43 Å². The van der Waals surface area contributed by atoms with Crippen molar-refractivity contribution in [1.29, 1.82) is 0 Å². The highest BCUT2D eigenvalue weighted by molar-refractivity contribution is 6.37. The van der Waals surface area contributed by atoms with Gasteiger partial charge in [-0.3, -0.25) is 4.99 Å². The van der Waals surface area contributed by atoms with E-state index in [4.69, 9.17) is 11.6 Å². The van der Waals surface area contributed by atoms with Crippen LogP contribution in [0.3, 0.4) is 0 Å². The molecule has 1 aliphatic rings. The van der Waals surface area contributed by atoms with Gasteiger partial charge >= 0.3 is 5.84 Å². The maximum atomic E-state index is 11.8. The van der Waals surface area contributed by atoms with Gasteiger partial charge < -0.3 is 15.0 Å². The van der Waals surface area contributed by atoms with Gasteiger partial charge in [0.2, 0.25) is 5.84 Å². The number of hydrogen-bond donors (Lipinski definition) is 1. The van der Waals surface area contributed by atoms with Crippen LogP contribution in [0.5, 0.6) is 0 Å². The summed E-state index contributed by atoms with van der Waals surface area (Å²) in [6, 6.07) is 7.57. The van der Waals surface area contributed by atoms with Crippen molar-refractivity contribution in [2.24, 2.45) is 10.1 Å². The van der Waals surface area contributed by atoms with Gasteiger partial charge in [0.05, 0.1) is 10.8 Å². The van der Waals surface area contributed by atoms with Crippen LogP contribution in [0.4, 0.5) is 5.69 Å². The number of rotatable bonds is 5. The summed E-state index contributed by atoms with van der Waals surface area (Å²) in [6.07, 6.45) is 2.48. The van der Waals surface area contributed by atoms with E-state index in [-0.39, 0.29) is 11.7 Å². The lowest BCUT2D eigenvalue weighted by atomic mass is 10.1. The molecule has 0 aliphatic carbocycles. The van der Waals surface area contributed by atoms with Gasteiger partial charge in [0, 0.05) is 25.8 Å². The topological polar surface area (TPSA) is 96.0 Å². The zero-order valence-electron chi connectivity index (χ0n) is 16.6. The molecule has 0 unspecified atom stereocenters. The number of pyridine rings is 1. The quantitative estimate of drug-likeness (QED) is 0.262. The molecular formula is C20H23ClN6O2. The van der Waals surface area contributed by atoms with E-state index in [1.165, 1.54) is 0 Å². The number of hydrogen-bond acceptors (Lipinski definition) is 7. The fourth-order valence-corrected chi connectivity index (χ4v) is 3.49. The number of halogens is 1.